The zero-order valence-corrected chi connectivity index (χ0v) is 7.04. The molecule has 1 saturated heterocycles. The molecule has 0 radical (unpaired) electrons. The van der Waals surface area contributed by atoms with Crippen LogP contribution in [-0.2, 0) is 9.47 Å². The maximum absolute atomic E-state index is 5.29. The van der Waals surface area contributed by atoms with Gasteiger partial charge in [0.25, 0.3) is 0 Å². The first-order valence-corrected chi connectivity index (χ1v) is 3.87. The Hall–Kier alpha value is -0.600. The van der Waals surface area contributed by atoms with E-state index in [1.165, 1.54) is 0 Å². The molecule has 0 saturated carbocycles. The van der Waals surface area contributed by atoms with Crippen LogP contribution in [0.2, 0.25) is 0 Å². The van der Waals surface area contributed by atoms with Crippen LogP contribution in [0.15, 0.2) is 23.8 Å². The second-order valence-corrected chi connectivity index (χ2v) is 2.51. The fraction of sp³-hybridized carbons (Fsp3) is 0.556. The molecule has 0 N–H and O–H groups in total. The molecule has 1 fully saturated rings. The molecule has 0 atom stereocenters. The maximum atomic E-state index is 5.29. The zero-order valence-electron chi connectivity index (χ0n) is 7.04. The van der Waals surface area contributed by atoms with E-state index in [4.69, 9.17) is 9.47 Å². The Labute approximate surface area is 67.5 Å². The van der Waals surface area contributed by atoms with Crippen LogP contribution in [0.5, 0.6) is 0 Å². The highest BCUT2D eigenvalue weighted by molar-refractivity contribution is 5.12. The Balaban J connectivity index is 2.44. The summed E-state index contributed by atoms with van der Waals surface area (Å²) >= 11 is 0. The van der Waals surface area contributed by atoms with E-state index in [1.54, 1.807) is 0 Å². The van der Waals surface area contributed by atoms with Crippen LogP contribution < -0.4 is 0 Å². The van der Waals surface area contributed by atoms with Crippen LogP contribution in [0.3, 0.4) is 0 Å². The molecule has 1 heterocycles. The van der Waals surface area contributed by atoms with Gasteiger partial charge in [0.2, 0.25) is 0 Å². The molecule has 11 heavy (non-hydrogen) atoms. The van der Waals surface area contributed by atoms with Gasteiger partial charge < -0.3 is 9.47 Å². The van der Waals surface area contributed by atoms with Crippen molar-refractivity contribution in [1.82, 2.24) is 0 Å². The Morgan fingerprint density at radius 3 is 2.55 bits per heavy atom. The smallest absolute Gasteiger partial charge is 0.180 e. The lowest BCUT2D eigenvalue weighted by Crippen LogP contribution is -2.08. The summed E-state index contributed by atoms with van der Waals surface area (Å²) in [5.74, 6) is 0. The first-order valence-electron chi connectivity index (χ1n) is 3.87. The largest absolute Gasteiger partial charge is 0.346 e. The predicted octanol–water partition coefficient (Wildman–Crippen LogP) is 1.88. The van der Waals surface area contributed by atoms with Gasteiger partial charge in [-0.25, -0.2) is 0 Å². The van der Waals surface area contributed by atoms with Gasteiger partial charge in [-0.05, 0) is 19.4 Å². The van der Waals surface area contributed by atoms with Crippen molar-refractivity contribution in [3.05, 3.63) is 23.8 Å². The topological polar surface area (TPSA) is 18.5 Å². The third-order valence-corrected chi connectivity index (χ3v) is 1.55. The van der Waals surface area contributed by atoms with E-state index in [0.29, 0.717) is 13.2 Å². The summed E-state index contributed by atoms with van der Waals surface area (Å²) in [4.78, 5) is 0. The van der Waals surface area contributed by atoms with Crippen LogP contribution in [0.1, 0.15) is 13.8 Å². The highest BCUT2D eigenvalue weighted by Crippen LogP contribution is 2.12. The highest BCUT2D eigenvalue weighted by Gasteiger charge is 2.16. The van der Waals surface area contributed by atoms with Gasteiger partial charge in [0.05, 0.1) is 13.2 Å². The first-order chi connectivity index (χ1) is 5.34. The predicted molar refractivity (Wildman–Crippen MR) is 44.3 cm³/mol. The Morgan fingerprint density at radius 1 is 1.36 bits per heavy atom. The van der Waals surface area contributed by atoms with Crippen molar-refractivity contribution in [1.29, 1.82) is 0 Å². The Bertz CT molecular complexity index is 164. The zero-order chi connectivity index (χ0) is 8.10. The second-order valence-electron chi connectivity index (χ2n) is 2.51. The molecule has 0 aromatic heterocycles. The number of allylic oxidation sites excluding steroid dienone is 3. The molecule has 0 aromatic carbocycles. The fourth-order valence-electron chi connectivity index (χ4n) is 0.948. The van der Waals surface area contributed by atoms with Crippen molar-refractivity contribution in [2.45, 2.75) is 20.1 Å². The van der Waals surface area contributed by atoms with E-state index in [-0.39, 0.29) is 6.29 Å². The van der Waals surface area contributed by atoms with Crippen molar-refractivity contribution in [2.24, 2.45) is 0 Å². The van der Waals surface area contributed by atoms with Crippen molar-refractivity contribution >= 4 is 0 Å². The van der Waals surface area contributed by atoms with Gasteiger partial charge in [-0.2, -0.15) is 0 Å². The van der Waals surface area contributed by atoms with Crippen LogP contribution >= 0.6 is 0 Å². The summed E-state index contributed by atoms with van der Waals surface area (Å²) in [5, 5.41) is 0. The van der Waals surface area contributed by atoms with Gasteiger partial charge in [-0.1, -0.05) is 18.2 Å². The lowest BCUT2D eigenvalue weighted by atomic mass is 10.2. The van der Waals surface area contributed by atoms with Crippen molar-refractivity contribution in [2.75, 3.05) is 13.2 Å². The summed E-state index contributed by atoms with van der Waals surface area (Å²) < 4.78 is 10.6. The molecular weight excluding hydrogens is 140 g/mol. The fourth-order valence-corrected chi connectivity index (χ4v) is 0.948. The van der Waals surface area contributed by atoms with Crippen molar-refractivity contribution < 1.29 is 9.47 Å². The van der Waals surface area contributed by atoms with Gasteiger partial charge in [0.15, 0.2) is 6.29 Å². The van der Waals surface area contributed by atoms with Gasteiger partial charge in [0.1, 0.15) is 0 Å². The molecule has 0 aromatic rings. The molecule has 0 bridgehead atoms. The van der Waals surface area contributed by atoms with E-state index in [9.17, 15) is 0 Å². The molecule has 0 spiro atoms. The molecule has 0 aliphatic carbocycles. The number of hydrogen-bond donors (Lipinski definition) is 0. The molecule has 2 nitrogen and oxygen atoms in total. The molecule has 0 amide bonds. The van der Waals surface area contributed by atoms with Gasteiger partial charge in [0, 0.05) is 0 Å². The second kappa shape index (κ2) is 4.31. The Morgan fingerprint density at radius 2 is 2.00 bits per heavy atom. The minimum Gasteiger partial charge on any atom is -0.346 e. The van der Waals surface area contributed by atoms with E-state index in [1.807, 2.05) is 32.1 Å². The quantitative estimate of drug-likeness (QED) is 0.565. The molecule has 62 valence electrons. The third-order valence-electron chi connectivity index (χ3n) is 1.55. The molecular formula is C9H14O2. The number of hydrogen-bond acceptors (Lipinski definition) is 2. The molecule has 2 heteroatoms. The van der Waals surface area contributed by atoms with Crippen molar-refractivity contribution in [3.63, 3.8) is 0 Å². The van der Waals surface area contributed by atoms with Crippen molar-refractivity contribution in [3.8, 4) is 0 Å². The van der Waals surface area contributed by atoms with Crippen LogP contribution in [0, 0.1) is 0 Å². The standard InChI is InChI=1S/C9H14O2/c1-3-4-5-8(2)9-10-6-7-11-9/h3-5,9H,6-7H2,1-2H3/b4-3-,8-5+. The van der Waals surface area contributed by atoms with Gasteiger partial charge in [-0.15, -0.1) is 0 Å². The summed E-state index contributed by atoms with van der Waals surface area (Å²) in [5.41, 5.74) is 1.13. The summed E-state index contributed by atoms with van der Waals surface area (Å²) in [6.45, 7) is 5.42. The summed E-state index contributed by atoms with van der Waals surface area (Å²) in [6.07, 6.45) is 5.88. The molecule has 1 aliphatic heterocycles. The maximum Gasteiger partial charge on any atom is 0.180 e. The van der Waals surface area contributed by atoms with E-state index < -0.39 is 0 Å². The third kappa shape index (κ3) is 2.48. The van der Waals surface area contributed by atoms with Crippen LogP contribution in [0.25, 0.3) is 0 Å². The lowest BCUT2D eigenvalue weighted by Gasteiger charge is -2.07. The molecule has 1 rings (SSSR count). The van der Waals surface area contributed by atoms with Crippen LogP contribution in [0.4, 0.5) is 0 Å². The van der Waals surface area contributed by atoms with Gasteiger partial charge >= 0.3 is 0 Å². The minimum atomic E-state index is -0.105. The van der Waals surface area contributed by atoms with Gasteiger partial charge in [-0.3, -0.25) is 0 Å². The normalized spacial score (nSPS) is 21.8. The monoisotopic (exact) mass is 154 g/mol. The highest BCUT2D eigenvalue weighted by atomic mass is 16.7. The SMILES string of the molecule is C/C=C\C=C(/C)C1OCCO1. The summed E-state index contributed by atoms with van der Waals surface area (Å²) in [6, 6.07) is 0. The van der Waals surface area contributed by atoms with E-state index in [2.05, 4.69) is 0 Å². The average molecular weight is 154 g/mol. The number of rotatable bonds is 2. The first kappa shape index (κ1) is 8.50. The Kier molecular flexibility index (Phi) is 3.33. The van der Waals surface area contributed by atoms with Crippen LogP contribution in [-0.4, -0.2) is 19.5 Å². The minimum absolute atomic E-state index is 0.105. The molecule has 0 unspecified atom stereocenters. The van der Waals surface area contributed by atoms with E-state index in [0.717, 1.165) is 5.57 Å². The van der Waals surface area contributed by atoms with E-state index >= 15 is 0 Å². The summed E-state index contributed by atoms with van der Waals surface area (Å²) in [7, 11) is 0. The lowest BCUT2D eigenvalue weighted by molar-refractivity contribution is -0.0109. The average Bonchev–Trinajstić information content (AvgIpc) is 2.52. The molecule has 1 aliphatic rings. The number of ether oxygens (including phenoxy) is 2.